The van der Waals surface area contributed by atoms with Crippen LogP contribution >= 0.6 is 15.9 Å². The van der Waals surface area contributed by atoms with Gasteiger partial charge in [-0.15, -0.1) is 0 Å². The van der Waals surface area contributed by atoms with E-state index in [4.69, 9.17) is 0 Å². The molecule has 2 nitrogen and oxygen atoms in total. The molecule has 2 rings (SSSR count). The number of halogens is 1. The minimum absolute atomic E-state index is 0.905. The summed E-state index contributed by atoms with van der Waals surface area (Å²) >= 11 is 3.38. The molecule has 0 saturated heterocycles. The molecular weight excluding hydrogens is 228 g/mol. The summed E-state index contributed by atoms with van der Waals surface area (Å²) < 4.78 is 0.991. The van der Waals surface area contributed by atoms with Crippen LogP contribution in [0, 0.1) is 0 Å². The van der Waals surface area contributed by atoms with Gasteiger partial charge in [0.05, 0.1) is 0 Å². The van der Waals surface area contributed by atoms with Gasteiger partial charge in [0.1, 0.15) is 0 Å². The summed E-state index contributed by atoms with van der Waals surface area (Å²) in [4.78, 5) is 4.10. The molecule has 1 aliphatic rings. The second-order valence-corrected chi connectivity index (χ2v) is 3.86. The van der Waals surface area contributed by atoms with Crippen molar-refractivity contribution < 1.29 is 0 Å². The van der Waals surface area contributed by atoms with E-state index in [0.29, 0.717) is 0 Å². The maximum Gasteiger partial charge on any atom is 0.0434 e. The third-order valence-corrected chi connectivity index (χ3v) is 2.31. The Morgan fingerprint density at radius 3 is 2.92 bits per heavy atom. The van der Waals surface area contributed by atoms with E-state index in [1.807, 2.05) is 12.3 Å². The first-order valence-corrected chi connectivity index (χ1v) is 4.81. The number of nitrogens with one attached hydrogen (secondary N) is 1. The molecule has 1 N–H and O–H groups in total. The largest absolute Gasteiger partial charge is 0.359 e. The second-order valence-electron chi connectivity index (χ2n) is 2.94. The second kappa shape index (κ2) is 3.34. The molecule has 0 radical (unpaired) electrons. The molecule has 0 spiro atoms. The van der Waals surface area contributed by atoms with E-state index < -0.39 is 0 Å². The Morgan fingerprint density at radius 1 is 1.46 bits per heavy atom. The number of nitrogens with zero attached hydrogens (tertiary/aromatic N) is 1. The molecule has 13 heavy (non-hydrogen) atoms. The summed E-state index contributed by atoms with van der Waals surface area (Å²) in [6.45, 7) is 3.86. The molecule has 0 aromatic carbocycles. The fourth-order valence-corrected chi connectivity index (χ4v) is 1.63. The average Bonchev–Trinajstić information content (AvgIpc) is 2.52. The van der Waals surface area contributed by atoms with E-state index >= 15 is 0 Å². The van der Waals surface area contributed by atoms with Crippen LogP contribution in [0.1, 0.15) is 12.0 Å². The quantitative estimate of drug-likeness (QED) is 0.812. The number of hydrogen-bond donors (Lipinski definition) is 1. The van der Waals surface area contributed by atoms with Gasteiger partial charge in [-0.3, -0.25) is 4.98 Å². The lowest BCUT2D eigenvalue weighted by molar-refractivity contribution is 1.09. The Hall–Kier alpha value is -1.09. The van der Waals surface area contributed by atoms with Crippen molar-refractivity contribution in [3.8, 4) is 0 Å². The van der Waals surface area contributed by atoms with Gasteiger partial charge >= 0.3 is 0 Å². The van der Waals surface area contributed by atoms with Crippen molar-refractivity contribution in [1.29, 1.82) is 0 Å². The molecule has 0 fully saturated rings. The Morgan fingerprint density at radius 2 is 2.31 bits per heavy atom. The number of rotatable bonds is 1. The normalized spacial score (nSPS) is 15.5. The lowest BCUT2D eigenvalue weighted by Gasteiger charge is -2.04. The Labute approximate surface area is 85.5 Å². The molecule has 66 valence electrons. The fraction of sp³-hybridized carbons (Fsp3) is 0.100. The summed E-state index contributed by atoms with van der Waals surface area (Å²) in [5.74, 6) is 0. The zero-order valence-electron chi connectivity index (χ0n) is 7.05. The van der Waals surface area contributed by atoms with E-state index in [-0.39, 0.29) is 0 Å². The first kappa shape index (κ1) is 8.51. The van der Waals surface area contributed by atoms with E-state index in [1.54, 1.807) is 6.20 Å². The molecule has 1 aliphatic heterocycles. The molecule has 3 heteroatoms. The van der Waals surface area contributed by atoms with Gasteiger partial charge in [0, 0.05) is 40.2 Å². The number of hydrogen-bond acceptors (Lipinski definition) is 2. The van der Waals surface area contributed by atoms with E-state index in [1.165, 1.54) is 0 Å². The van der Waals surface area contributed by atoms with Gasteiger partial charge in [-0.05, 0) is 22.0 Å². The highest BCUT2D eigenvalue weighted by atomic mass is 79.9. The minimum atomic E-state index is 0.905. The van der Waals surface area contributed by atoms with Gasteiger partial charge in [0.15, 0.2) is 0 Å². The Balaban J connectivity index is 2.31. The van der Waals surface area contributed by atoms with Crippen molar-refractivity contribution in [2.24, 2.45) is 0 Å². The van der Waals surface area contributed by atoms with Gasteiger partial charge in [-0.2, -0.15) is 0 Å². The van der Waals surface area contributed by atoms with Gasteiger partial charge in [-0.1, -0.05) is 12.7 Å². The van der Waals surface area contributed by atoms with Crippen molar-refractivity contribution in [1.82, 2.24) is 10.3 Å². The van der Waals surface area contributed by atoms with E-state index in [2.05, 4.69) is 38.9 Å². The predicted octanol–water partition coefficient (Wildman–Crippen LogP) is 2.69. The lowest BCUT2D eigenvalue weighted by atomic mass is 10.2. The van der Waals surface area contributed by atoms with E-state index in [9.17, 15) is 0 Å². The standard InChI is InChI=1S/C10H9BrN2/c1-7-2-3-10(13-7)8-4-9(11)6-12-5-8/h3-6,13H,1-2H2. The molecule has 0 saturated carbocycles. The van der Waals surface area contributed by atoms with Gasteiger partial charge in [0.25, 0.3) is 0 Å². The van der Waals surface area contributed by atoms with Crippen LogP contribution in [0.15, 0.2) is 41.3 Å². The summed E-state index contributed by atoms with van der Waals surface area (Å²) in [6, 6.07) is 2.03. The summed E-state index contributed by atoms with van der Waals surface area (Å²) in [5, 5.41) is 3.20. The molecule has 0 aliphatic carbocycles. The predicted molar refractivity (Wildman–Crippen MR) is 56.8 cm³/mol. The first-order valence-electron chi connectivity index (χ1n) is 4.01. The van der Waals surface area contributed by atoms with Gasteiger partial charge < -0.3 is 5.32 Å². The van der Waals surface area contributed by atoms with Gasteiger partial charge in [0.2, 0.25) is 0 Å². The summed E-state index contributed by atoms with van der Waals surface area (Å²) in [5.41, 5.74) is 3.22. The molecular formula is C10H9BrN2. The summed E-state index contributed by atoms with van der Waals surface area (Å²) in [7, 11) is 0. The highest BCUT2D eigenvalue weighted by Gasteiger charge is 2.08. The Kier molecular flexibility index (Phi) is 2.19. The minimum Gasteiger partial charge on any atom is -0.359 e. The fourth-order valence-electron chi connectivity index (χ4n) is 1.27. The summed E-state index contributed by atoms with van der Waals surface area (Å²) in [6.07, 6.45) is 6.63. The van der Waals surface area contributed by atoms with Crippen LogP contribution in [0.3, 0.4) is 0 Å². The monoisotopic (exact) mass is 236 g/mol. The number of aromatic nitrogens is 1. The SMILES string of the molecule is C=C1CC=C(c2cncc(Br)c2)N1. The van der Waals surface area contributed by atoms with Crippen molar-refractivity contribution in [2.45, 2.75) is 6.42 Å². The molecule has 0 bridgehead atoms. The van der Waals surface area contributed by atoms with Crippen LogP contribution in [-0.4, -0.2) is 4.98 Å². The number of pyridine rings is 1. The van der Waals surface area contributed by atoms with E-state index in [0.717, 1.165) is 27.9 Å². The molecule has 0 amide bonds. The zero-order chi connectivity index (χ0) is 9.26. The van der Waals surface area contributed by atoms with Crippen LogP contribution in [0.25, 0.3) is 5.70 Å². The number of allylic oxidation sites excluding steroid dienone is 1. The molecule has 1 aromatic rings. The lowest BCUT2D eigenvalue weighted by Crippen LogP contribution is -2.03. The van der Waals surface area contributed by atoms with Crippen LogP contribution in [0.2, 0.25) is 0 Å². The maximum atomic E-state index is 4.10. The smallest absolute Gasteiger partial charge is 0.0434 e. The zero-order valence-corrected chi connectivity index (χ0v) is 8.63. The van der Waals surface area contributed by atoms with Crippen molar-refractivity contribution in [3.05, 3.63) is 46.8 Å². The van der Waals surface area contributed by atoms with Gasteiger partial charge in [-0.25, -0.2) is 0 Å². The topological polar surface area (TPSA) is 24.9 Å². The first-order chi connectivity index (χ1) is 6.25. The maximum absolute atomic E-state index is 4.10. The third kappa shape index (κ3) is 1.80. The van der Waals surface area contributed by atoms with Crippen molar-refractivity contribution in [3.63, 3.8) is 0 Å². The molecule has 0 atom stereocenters. The van der Waals surface area contributed by atoms with Crippen molar-refractivity contribution >= 4 is 21.6 Å². The third-order valence-electron chi connectivity index (χ3n) is 1.88. The molecule has 1 aromatic heterocycles. The van der Waals surface area contributed by atoms with Crippen LogP contribution in [0.4, 0.5) is 0 Å². The van der Waals surface area contributed by atoms with Crippen molar-refractivity contribution in [2.75, 3.05) is 0 Å². The van der Waals surface area contributed by atoms with Crippen LogP contribution in [0.5, 0.6) is 0 Å². The highest BCUT2D eigenvalue weighted by Crippen LogP contribution is 2.22. The molecule has 2 heterocycles. The van der Waals surface area contributed by atoms with Crippen LogP contribution in [-0.2, 0) is 0 Å². The molecule has 0 unspecified atom stereocenters. The highest BCUT2D eigenvalue weighted by molar-refractivity contribution is 9.10. The Bertz CT molecular complexity index is 382. The van der Waals surface area contributed by atoms with Crippen LogP contribution < -0.4 is 5.32 Å². The average molecular weight is 237 g/mol.